The van der Waals surface area contributed by atoms with Gasteiger partial charge in [-0.05, 0) is 26.4 Å². The van der Waals surface area contributed by atoms with E-state index in [1.165, 1.54) is 12.8 Å². The van der Waals surface area contributed by atoms with Crippen LogP contribution in [0.2, 0.25) is 0 Å². The lowest BCUT2D eigenvalue weighted by Gasteiger charge is -2.21. The van der Waals surface area contributed by atoms with Crippen LogP contribution in [0.3, 0.4) is 0 Å². The van der Waals surface area contributed by atoms with Gasteiger partial charge in [-0.2, -0.15) is 0 Å². The van der Waals surface area contributed by atoms with Gasteiger partial charge in [-0.15, -0.1) is 0 Å². The Balaban J connectivity index is 1.71. The standard InChI is InChI=1S/C14H26N4O/c1-4-15-9-12-5-6-13(19-12)10-17(2)11-14-16-7-8-18(14)3/h7-8,12-13,15H,4-6,9-11H2,1-3H3. The Morgan fingerprint density at radius 2 is 2.26 bits per heavy atom. The Hall–Kier alpha value is -0.910. The molecular weight excluding hydrogens is 240 g/mol. The first-order valence-electron chi connectivity index (χ1n) is 7.20. The Labute approximate surface area is 116 Å². The van der Waals surface area contributed by atoms with E-state index in [9.17, 15) is 0 Å². The van der Waals surface area contributed by atoms with Gasteiger partial charge in [-0.3, -0.25) is 4.90 Å². The second-order valence-electron chi connectivity index (χ2n) is 5.42. The number of aromatic nitrogens is 2. The van der Waals surface area contributed by atoms with Crippen molar-refractivity contribution >= 4 is 0 Å². The topological polar surface area (TPSA) is 42.3 Å². The number of nitrogens with one attached hydrogen (secondary N) is 1. The van der Waals surface area contributed by atoms with Gasteiger partial charge in [0.05, 0.1) is 18.8 Å². The van der Waals surface area contributed by atoms with Gasteiger partial charge in [0.1, 0.15) is 5.82 Å². The van der Waals surface area contributed by atoms with E-state index in [0.717, 1.165) is 32.0 Å². The largest absolute Gasteiger partial charge is 0.372 e. The lowest BCUT2D eigenvalue weighted by Crippen LogP contribution is -2.32. The van der Waals surface area contributed by atoms with E-state index in [0.29, 0.717) is 12.2 Å². The summed E-state index contributed by atoms with van der Waals surface area (Å²) < 4.78 is 8.12. The van der Waals surface area contributed by atoms with Gasteiger partial charge in [-0.1, -0.05) is 6.92 Å². The van der Waals surface area contributed by atoms with Crippen molar-refractivity contribution in [2.24, 2.45) is 7.05 Å². The second-order valence-corrected chi connectivity index (χ2v) is 5.42. The quantitative estimate of drug-likeness (QED) is 0.800. The number of ether oxygens (including phenoxy) is 1. The highest BCUT2D eigenvalue weighted by Gasteiger charge is 2.25. The first-order chi connectivity index (χ1) is 9.19. The van der Waals surface area contributed by atoms with Crippen molar-refractivity contribution in [2.45, 2.75) is 38.5 Å². The van der Waals surface area contributed by atoms with Crippen molar-refractivity contribution in [3.63, 3.8) is 0 Å². The SMILES string of the molecule is CCNCC1CCC(CN(C)Cc2nccn2C)O1. The van der Waals surface area contributed by atoms with Crippen LogP contribution in [0.5, 0.6) is 0 Å². The van der Waals surface area contributed by atoms with Crippen molar-refractivity contribution in [1.82, 2.24) is 19.8 Å². The van der Waals surface area contributed by atoms with Gasteiger partial charge in [0.2, 0.25) is 0 Å². The molecule has 1 fully saturated rings. The minimum absolute atomic E-state index is 0.369. The number of hydrogen-bond donors (Lipinski definition) is 1. The van der Waals surface area contributed by atoms with Crippen LogP contribution in [-0.2, 0) is 18.3 Å². The van der Waals surface area contributed by atoms with Crippen LogP contribution < -0.4 is 5.32 Å². The van der Waals surface area contributed by atoms with E-state index in [4.69, 9.17) is 4.74 Å². The molecule has 0 amide bonds. The average molecular weight is 266 g/mol. The third-order valence-electron chi connectivity index (χ3n) is 3.67. The van der Waals surface area contributed by atoms with Crippen molar-refractivity contribution in [2.75, 3.05) is 26.7 Å². The zero-order valence-electron chi connectivity index (χ0n) is 12.3. The van der Waals surface area contributed by atoms with E-state index in [-0.39, 0.29) is 0 Å². The molecule has 1 aromatic heterocycles. The highest BCUT2D eigenvalue weighted by Crippen LogP contribution is 2.20. The van der Waals surface area contributed by atoms with E-state index in [1.54, 1.807) is 0 Å². The van der Waals surface area contributed by atoms with Gasteiger partial charge in [0.15, 0.2) is 0 Å². The van der Waals surface area contributed by atoms with Gasteiger partial charge in [0, 0.05) is 32.5 Å². The van der Waals surface area contributed by atoms with Crippen molar-refractivity contribution < 1.29 is 4.74 Å². The van der Waals surface area contributed by atoms with Crippen LogP contribution in [-0.4, -0.2) is 53.3 Å². The van der Waals surface area contributed by atoms with Crippen molar-refractivity contribution in [3.05, 3.63) is 18.2 Å². The number of hydrogen-bond acceptors (Lipinski definition) is 4. The van der Waals surface area contributed by atoms with Crippen molar-refractivity contribution in [3.8, 4) is 0 Å². The third kappa shape index (κ3) is 4.30. The zero-order valence-corrected chi connectivity index (χ0v) is 12.3. The highest BCUT2D eigenvalue weighted by molar-refractivity contribution is 4.91. The summed E-state index contributed by atoms with van der Waals surface area (Å²) in [5, 5.41) is 3.36. The second kappa shape index (κ2) is 7.03. The maximum atomic E-state index is 6.05. The van der Waals surface area contributed by atoms with Crippen LogP contribution in [0.4, 0.5) is 0 Å². The van der Waals surface area contributed by atoms with Crippen LogP contribution in [0, 0.1) is 0 Å². The first-order valence-corrected chi connectivity index (χ1v) is 7.20. The lowest BCUT2D eigenvalue weighted by atomic mass is 10.2. The number of likely N-dealkylation sites (N-methyl/N-ethyl adjacent to an activating group) is 2. The summed E-state index contributed by atoms with van der Waals surface area (Å²) in [4.78, 5) is 6.65. The summed E-state index contributed by atoms with van der Waals surface area (Å²) in [6.45, 7) is 5.99. The summed E-state index contributed by atoms with van der Waals surface area (Å²) in [6, 6.07) is 0. The highest BCUT2D eigenvalue weighted by atomic mass is 16.5. The molecule has 0 radical (unpaired) electrons. The fourth-order valence-electron chi connectivity index (χ4n) is 2.57. The molecule has 2 heterocycles. The molecule has 2 rings (SSSR count). The molecule has 1 saturated heterocycles. The van der Waals surface area contributed by atoms with Gasteiger partial charge in [-0.25, -0.2) is 4.98 Å². The number of aryl methyl sites for hydroxylation is 1. The van der Waals surface area contributed by atoms with Gasteiger partial charge < -0.3 is 14.6 Å². The number of imidazole rings is 1. The molecule has 0 aromatic carbocycles. The normalized spacial score (nSPS) is 23.4. The molecule has 0 bridgehead atoms. The fraction of sp³-hybridized carbons (Fsp3) is 0.786. The molecule has 0 spiro atoms. The lowest BCUT2D eigenvalue weighted by molar-refractivity contribution is 0.0265. The monoisotopic (exact) mass is 266 g/mol. The minimum atomic E-state index is 0.369. The Morgan fingerprint density at radius 3 is 2.95 bits per heavy atom. The molecular formula is C14H26N4O. The summed E-state index contributed by atoms with van der Waals surface area (Å²) in [5.41, 5.74) is 0. The van der Waals surface area contributed by atoms with E-state index >= 15 is 0 Å². The average Bonchev–Trinajstić information content (AvgIpc) is 2.97. The molecule has 108 valence electrons. The molecule has 1 aliphatic heterocycles. The minimum Gasteiger partial charge on any atom is -0.372 e. The van der Waals surface area contributed by atoms with Crippen LogP contribution in [0.15, 0.2) is 12.4 Å². The maximum Gasteiger partial charge on any atom is 0.122 e. The number of nitrogens with zero attached hydrogens (tertiary/aromatic N) is 3. The zero-order chi connectivity index (χ0) is 13.7. The van der Waals surface area contributed by atoms with Crippen LogP contribution in [0.25, 0.3) is 0 Å². The smallest absolute Gasteiger partial charge is 0.122 e. The molecule has 2 unspecified atom stereocenters. The fourth-order valence-corrected chi connectivity index (χ4v) is 2.57. The van der Waals surface area contributed by atoms with E-state index in [2.05, 4.69) is 33.7 Å². The van der Waals surface area contributed by atoms with Crippen LogP contribution in [0.1, 0.15) is 25.6 Å². The Bertz CT molecular complexity index is 379. The predicted octanol–water partition coefficient (Wildman–Crippen LogP) is 1.01. The summed E-state index contributed by atoms with van der Waals surface area (Å²) in [6.07, 6.45) is 6.94. The van der Waals surface area contributed by atoms with Gasteiger partial charge in [0.25, 0.3) is 0 Å². The molecule has 1 aromatic rings. The Kier molecular flexibility index (Phi) is 5.36. The molecule has 1 N–H and O–H groups in total. The van der Waals surface area contributed by atoms with Crippen LogP contribution >= 0.6 is 0 Å². The molecule has 5 heteroatoms. The summed E-state index contributed by atoms with van der Waals surface area (Å²) >= 11 is 0. The van der Waals surface area contributed by atoms with Crippen molar-refractivity contribution in [1.29, 1.82) is 0 Å². The molecule has 1 aliphatic rings. The molecule has 0 aliphatic carbocycles. The number of rotatable bonds is 7. The van der Waals surface area contributed by atoms with E-state index in [1.807, 2.05) is 19.4 Å². The third-order valence-corrected chi connectivity index (χ3v) is 3.67. The van der Waals surface area contributed by atoms with Gasteiger partial charge >= 0.3 is 0 Å². The molecule has 5 nitrogen and oxygen atoms in total. The molecule has 2 atom stereocenters. The Morgan fingerprint density at radius 1 is 1.47 bits per heavy atom. The maximum absolute atomic E-state index is 6.05. The molecule has 0 saturated carbocycles. The summed E-state index contributed by atoms with van der Waals surface area (Å²) in [7, 11) is 4.17. The van der Waals surface area contributed by atoms with E-state index < -0.39 is 0 Å². The first kappa shape index (κ1) is 14.5. The molecule has 19 heavy (non-hydrogen) atoms. The summed E-state index contributed by atoms with van der Waals surface area (Å²) in [5.74, 6) is 1.10. The predicted molar refractivity (Wildman–Crippen MR) is 76.0 cm³/mol.